The maximum atomic E-state index is 10.8. The number of likely N-dealkylation sites (N-methyl/N-ethyl adjacent to an activating group) is 1. The summed E-state index contributed by atoms with van der Waals surface area (Å²) in [5.74, 6) is 0.694. The second kappa shape index (κ2) is 4.57. The lowest BCUT2D eigenvalue weighted by atomic mass is 10.1. The first-order valence-corrected chi connectivity index (χ1v) is 3.71. The van der Waals surface area contributed by atoms with E-state index < -0.39 is 0 Å². The lowest BCUT2D eigenvalue weighted by molar-refractivity contribution is -0.122. The molecule has 0 spiro atoms. The maximum absolute atomic E-state index is 10.8. The molecule has 0 radical (unpaired) electrons. The standard InChI is InChI=1S/C7H14N2O.ClH/c1-9-7(10)6(8)4-5-2-3-5;/h5-6H,2-4,8H2,1H3,(H,9,10);1H. The number of hydrogen-bond acceptors (Lipinski definition) is 2. The van der Waals surface area contributed by atoms with Gasteiger partial charge < -0.3 is 11.1 Å². The van der Waals surface area contributed by atoms with Crippen LogP contribution in [0.1, 0.15) is 19.3 Å². The second-order valence-electron chi connectivity index (χ2n) is 2.90. The summed E-state index contributed by atoms with van der Waals surface area (Å²) < 4.78 is 0. The number of nitrogens with one attached hydrogen (secondary N) is 1. The van der Waals surface area contributed by atoms with Gasteiger partial charge in [0, 0.05) is 7.05 Å². The number of carbonyl (C=O) groups is 1. The zero-order valence-corrected chi connectivity index (χ0v) is 7.49. The van der Waals surface area contributed by atoms with Crippen LogP contribution in [0, 0.1) is 5.92 Å². The molecular weight excluding hydrogens is 164 g/mol. The molecule has 0 saturated heterocycles. The van der Waals surface area contributed by atoms with Crippen LogP contribution in [0.5, 0.6) is 0 Å². The Labute approximate surface area is 73.1 Å². The Morgan fingerprint density at radius 1 is 1.73 bits per heavy atom. The lowest BCUT2D eigenvalue weighted by Gasteiger charge is -2.07. The fourth-order valence-electron chi connectivity index (χ4n) is 1.01. The number of hydrogen-bond donors (Lipinski definition) is 2. The van der Waals surface area contributed by atoms with Crippen molar-refractivity contribution in [2.75, 3.05) is 7.05 Å². The molecule has 1 aliphatic rings. The third-order valence-corrected chi connectivity index (χ3v) is 1.87. The molecule has 1 saturated carbocycles. The Hall–Kier alpha value is -0.280. The summed E-state index contributed by atoms with van der Waals surface area (Å²) in [7, 11) is 1.62. The Bertz CT molecular complexity index is 136. The first kappa shape index (κ1) is 10.7. The van der Waals surface area contributed by atoms with Gasteiger partial charge in [0.2, 0.25) is 5.91 Å². The third kappa shape index (κ3) is 3.58. The van der Waals surface area contributed by atoms with Crippen molar-refractivity contribution < 1.29 is 4.79 Å². The summed E-state index contributed by atoms with van der Waals surface area (Å²) in [6.07, 6.45) is 3.37. The summed E-state index contributed by atoms with van der Waals surface area (Å²) in [5.41, 5.74) is 5.56. The van der Waals surface area contributed by atoms with Crippen molar-refractivity contribution in [3.05, 3.63) is 0 Å². The van der Waals surface area contributed by atoms with Gasteiger partial charge in [0.25, 0.3) is 0 Å². The highest BCUT2D eigenvalue weighted by molar-refractivity contribution is 5.85. The van der Waals surface area contributed by atoms with Gasteiger partial charge in [0.05, 0.1) is 6.04 Å². The fourth-order valence-corrected chi connectivity index (χ4v) is 1.01. The van der Waals surface area contributed by atoms with E-state index in [-0.39, 0.29) is 24.4 Å². The Kier molecular flexibility index (Phi) is 4.45. The molecule has 1 atom stereocenters. The van der Waals surface area contributed by atoms with Crippen molar-refractivity contribution in [2.24, 2.45) is 11.7 Å². The van der Waals surface area contributed by atoms with Crippen molar-refractivity contribution in [2.45, 2.75) is 25.3 Å². The normalized spacial score (nSPS) is 18.4. The predicted molar refractivity (Wildman–Crippen MR) is 46.6 cm³/mol. The highest BCUT2D eigenvalue weighted by Crippen LogP contribution is 2.32. The highest BCUT2D eigenvalue weighted by atomic mass is 35.5. The van der Waals surface area contributed by atoms with Gasteiger partial charge in [0.15, 0.2) is 0 Å². The molecule has 66 valence electrons. The molecule has 1 aliphatic carbocycles. The van der Waals surface area contributed by atoms with E-state index in [0.29, 0.717) is 0 Å². The fraction of sp³-hybridized carbons (Fsp3) is 0.857. The Morgan fingerprint density at radius 3 is 2.64 bits per heavy atom. The SMILES string of the molecule is CNC(=O)C(N)CC1CC1.Cl. The molecule has 11 heavy (non-hydrogen) atoms. The van der Waals surface area contributed by atoms with Crippen LogP contribution in [-0.2, 0) is 4.79 Å². The summed E-state index contributed by atoms with van der Waals surface area (Å²) in [4.78, 5) is 10.8. The molecule has 3 N–H and O–H groups in total. The van der Waals surface area contributed by atoms with Crippen LogP contribution in [0.25, 0.3) is 0 Å². The molecule has 1 rings (SSSR count). The Balaban J connectivity index is 0.000001000. The minimum absolute atomic E-state index is 0. The van der Waals surface area contributed by atoms with Gasteiger partial charge in [-0.25, -0.2) is 0 Å². The number of carbonyl (C=O) groups excluding carboxylic acids is 1. The van der Waals surface area contributed by atoms with Crippen LogP contribution in [-0.4, -0.2) is 19.0 Å². The van der Waals surface area contributed by atoms with Crippen molar-refractivity contribution in [1.82, 2.24) is 5.32 Å². The van der Waals surface area contributed by atoms with E-state index in [1.165, 1.54) is 12.8 Å². The minimum Gasteiger partial charge on any atom is -0.358 e. The average Bonchev–Trinajstić information content (AvgIpc) is 2.70. The van der Waals surface area contributed by atoms with Crippen LogP contribution in [0.3, 0.4) is 0 Å². The van der Waals surface area contributed by atoms with Crippen molar-refractivity contribution in [3.63, 3.8) is 0 Å². The molecule has 0 bridgehead atoms. The van der Waals surface area contributed by atoms with E-state index in [9.17, 15) is 4.79 Å². The van der Waals surface area contributed by atoms with Gasteiger partial charge in [-0.15, -0.1) is 12.4 Å². The Morgan fingerprint density at radius 2 is 2.27 bits per heavy atom. The van der Waals surface area contributed by atoms with E-state index in [1.54, 1.807) is 7.05 Å². The van der Waals surface area contributed by atoms with Crippen LogP contribution in [0.2, 0.25) is 0 Å². The number of nitrogens with two attached hydrogens (primary N) is 1. The van der Waals surface area contributed by atoms with Crippen molar-refractivity contribution in [3.8, 4) is 0 Å². The smallest absolute Gasteiger partial charge is 0.236 e. The topological polar surface area (TPSA) is 55.1 Å². The molecule has 0 heterocycles. The largest absolute Gasteiger partial charge is 0.358 e. The van der Waals surface area contributed by atoms with Crippen LogP contribution >= 0.6 is 12.4 Å². The average molecular weight is 179 g/mol. The molecule has 1 fully saturated rings. The molecule has 3 nitrogen and oxygen atoms in total. The first-order chi connectivity index (χ1) is 4.74. The minimum atomic E-state index is -0.280. The van der Waals surface area contributed by atoms with E-state index in [0.717, 1.165) is 12.3 Å². The first-order valence-electron chi connectivity index (χ1n) is 3.71. The molecule has 0 aromatic heterocycles. The summed E-state index contributed by atoms with van der Waals surface area (Å²) >= 11 is 0. The van der Waals surface area contributed by atoms with E-state index in [1.807, 2.05) is 0 Å². The monoisotopic (exact) mass is 178 g/mol. The van der Waals surface area contributed by atoms with Crippen molar-refractivity contribution in [1.29, 1.82) is 0 Å². The van der Waals surface area contributed by atoms with Crippen LogP contribution in [0.4, 0.5) is 0 Å². The van der Waals surface area contributed by atoms with Gasteiger partial charge in [-0.05, 0) is 12.3 Å². The molecule has 1 amide bonds. The molecule has 0 aliphatic heterocycles. The number of halogens is 1. The van der Waals surface area contributed by atoms with E-state index in [2.05, 4.69) is 5.32 Å². The molecule has 1 unspecified atom stereocenters. The van der Waals surface area contributed by atoms with E-state index >= 15 is 0 Å². The zero-order valence-electron chi connectivity index (χ0n) is 6.67. The lowest BCUT2D eigenvalue weighted by Crippen LogP contribution is -2.38. The van der Waals surface area contributed by atoms with Crippen LogP contribution < -0.4 is 11.1 Å². The summed E-state index contributed by atoms with van der Waals surface area (Å²) in [6.45, 7) is 0. The van der Waals surface area contributed by atoms with Crippen molar-refractivity contribution >= 4 is 18.3 Å². The predicted octanol–water partition coefficient (Wildman–Crippen LogP) is 0.282. The molecule has 4 heteroatoms. The number of rotatable bonds is 3. The quantitative estimate of drug-likeness (QED) is 0.653. The van der Waals surface area contributed by atoms with E-state index in [4.69, 9.17) is 5.73 Å². The molecule has 0 aromatic carbocycles. The van der Waals surface area contributed by atoms with Crippen LogP contribution in [0.15, 0.2) is 0 Å². The second-order valence-corrected chi connectivity index (χ2v) is 2.90. The van der Waals surface area contributed by atoms with Gasteiger partial charge in [-0.1, -0.05) is 12.8 Å². The molecular formula is C7H15ClN2O. The number of amides is 1. The highest BCUT2D eigenvalue weighted by Gasteiger charge is 2.26. The van der Waals surface area contributed by atoms with Gasteiger partial charge in [0.1, 0.15) is 0 Å². The summed E-state index contributed by atoms with van der Waals surface area (Å²) in [6, 6.07) is -0.280. The summed E-state index contributed by atoms with van der Waals surface area (Å²) in [5, 5.41) is 2.53. The van der Waals surface area contributed by atoms with Gasteiger partial charge in [-0.3, -0.25) is 4.79 Å². The maximum Gasteiger partial charge on any atom is 0.236 e. The third-order valence-electron chi connectivity index (χ3n) is 1.87. The van der Waals surface area contributed by atoms with Gasteiger partial charge in [-0.2, -0.15) is 0 Å². The zero-order chi connectivity index (χ0) is 7.56. The molecule has 0 aromatic rings. The van der Waals surface area contributed by atoms with Gasteiger partial charge >= 0.3 is 0 Å².